The SMILES string of the molecule is Cc1nc(CCC(=O)N[C@@H](CC(C)C)C(=O)O)oc1-c1ccccc1. The molecule has 0 radical (unpaired) electrons. The third-order valence-electron chi connectivity index (χ3n) is 3.78. The number of hydrogen-bond acceptors (Lipinski definition) is 4. The second kappa shape index (κ2) is 8.46. The molecule has 2 N–H and O–H groups in total. The van der Waals surface area contributed by atoms with Gasteiger partial charge in [0.05, 0.1) is 5.69 Å². The van der Waals surface area contributed by atoms with Crippen molar-refractivity contribution in [3.63, 3.8) is 0 Å². The van der Waals surface area contributed by atoms with Gasteiger partial charge in [-0.25, -0.2) is 9.78 Å². The maximum Gasteiger partial charge on any atom is 0.326 e. The van der Waals surface area contributed by atoms with Gasteiger partial charge in [-0.05, 0) is 19.3 Å². The summed E-state index contributed by atoms with van der Waals surface area (Å²) in [6.45, 7) is 5.70. The monoisotopic (exact) mass is 344 g/mol. The number of aromatic nitrogens is 1. The predicted octanol–water partition coefficient (Wildman–Crippen LogP) is 3.20. The van der Waals surface area contributed by atoms with E-state index in [1.165, 1.54) is 0 Å². The quantitative estimate of drug-likeness (QED) is 0.767. The Balaban J connectivity index is 1.95. The number of carboxylic acid groups (broad SMARTS) is 1. The van der Waals surface area contributed by atoms with Crippen LogP contribution in [-0.2, 0) is 16.0 Å². The third kappa shape index (κ3) is 5.45. The molecule has 0 saturated carbocycles. The number of aliphatic carboxylic acids is 1. The van der Waals surface area contributed by atoms with E-state index in [0.717, 1.165) is 11.3 Å². The lowest BCUT2D eigenvalue weighted by Crippen LogP contribution is -2.41. The lowest BCUT2D eigenvalue weighted by molar-refractivity contribution is -0.142. The molecule has 6 nitrogen and oxygen atoms in total. The van der Waals surface area contributed by atoms with Crippen LogP contribution in [0, 0.1) is 12.8 Å². The molecule has 6 heteroatoms. The van der Waals surface area contributed by atoms with Crippen molar-refractivity contribution in [1.82, 2.24) is 10.3 Å². The molecular formula is C19H24N2O4. The van der Waals surface area contributed by atoms with Crippen molar-refractivity contribution in [1.29, 1.82) is 0 Å². The molecule has 1 aromatic heterocycles. The van der Waals surface area contributed by atoms with Crippen LogP contribution in [0.5, 0.6) is 0 Å². The first-order valence-corrected chi connectivity index (χ1v) is 8.40. The van der Waals surface area contributed by atoms with Crippen LogP contribution in [0.1, 0.15) is 38.3 Å². The van der Waals surface area contributed by atoms with Gasteiger partial charge in [-0.3, -0.25) is 4.79 Å². The topological polar surface area (TPSA) is 92.4 Å². The molecule has 0 aliphatic heterocycles. The summed E-state index contributed by atoms with van der Waals surface area (Å²) in [4.78, 5) is 27.6. The first kappa shape index (κ1) is 18.7. The van der Waals surface area contributed by atoms with Crippen LogP contribution in [0.15, 0.2) is 34.7 Å². The van der Waals surface area contributed by atoms with E-state index < -0.39 is 12.0 Å². The Labute approximate surface area is 147 Å². The van der Waals surface area contributed by atoms with Gasteiger partial charge in [0.15, 0.2) is 11.7 Å². The molecular weight excluding hydrogens is 320 g/mol. The Hall–Kier alpha value is -2.63. The highest BCUT2D eigenvalue weighted by Gasteiger charge is 2.21. The van der Waals surface area contributed by atoms with Gasteiger partial charge >= 0.3 is 5.97 Å². The van der Waals surface area contributed by atoms with Crippen LogP contribution in [0.25, 0.3) is 11.3 Å². The fraction of sp³-hybridized carbons (Fsp3) is 0.421. The zero-order chi connectivity index (χ0) is 18.4. The predicted molar refractivity (Wildman–Crippen MR) is 94.0 cm³/mol. The summed E-state index contributed by atoms with van der Waals surface area (Å²) in [6.07, 6.45) is 0.862. The molecule has 2 rings (SSSR count). The van der Waals surface area contributed by atoms with Crippen LogP contribution in [0.3, 0.4) is 0 Å². The molecule has 2 aromatic rings. The Morgan fingerprint density at radius 1 is 1.24 bits per heavy atom. The van der Waals surface area contributed by atoms with Gasteiger partial charge in [0, 0.05) is 18.4 Å². The highest BCUT2D eigenvalue weighted by molar-refractivity contribution is 5.83. The van der Waals surface area contributed by atoms with Gasteiger partial charge in [0.25, 0.3) is 0 Å². The number of nitrogens with one attached hydrogen (secondary N) is 1. The molecule has 0 aliphatic rings. The largest absolute Gasteiger partial charge is 0.480 e. The zero-order valence-electron chi connectivity index (χ0n) is 14.8. The van der Waals surface area contributed by atoms with Gasteiger partial charge in [0.2, 0.25) is 5.91 Å². The summed E-state index contributed by atoms with van der Waals surface area (Å²) in [6, 6.07) is 8.78. The third-order valence-corrected chi connectivity index (χ3v) is 3.78. The molecule has 0 spiro atoms. The van der Waals surface area contributed by atoms with Gasteiger partial charge in [-0.15, -0.1) is 0 Å². The van der Waals surface area contributed by atoms with Crippen molar-refractivity contribution in [3.8, 4) is 11.3 Å². The summed E-state index contributed by atoms with van der Waals surface area (Å²) < 4.78 is 5.76. The van der Waals surface area contributed by atoms with Gasteiger partial charge in [-0.2, -0.15) is 0 Å². The molecule has 1 amide bonds. The molecule has 134 valence electrons. The van der Waals surface area contributed by atoms with E-state index in [4.69, 9.17) is 4.42 Å². The zero-order valence-corrected chi connectivity index (χ0v) is 14.8. The molecule has 1 aromatic carbocycles. The molecule has 1 atom stereocenters. The van der Waals surface area contributed by atoms with E-state index in [1.807, 2.05) is 51.1 Å². The Morgan fingerprint density at radius 3 is 2.52 bits per heavy atom. The van der Waals surface area contributed by atoms with E-state index in [2.05, 4.69) is 10.3 Å². The number of carbonyl (C=O) groups is 2. The fourth-order valence-corrected chi connectivity index (χ4v) is 2.60. The summed E-state index contributed by atoms with van der Waals surface area (Å²) in [5.74, 6) is 0.0243. The lowest BCUT2D eigenvalue weighted by Gasteiger charge is -2.16. The average molecular weight is 344 g/mol. The average Bonchev–Trinajstić information content (AvgIpc) is 2.93. The summed E-state index contributed by atoms with van der Waals surface area (Å²) in [5, 5.41) is 11.7. The minimum absolute atomic E-state index is 0.135. The first-order valence-electron chi connectivity index (χ1n) is 8.40. The number of amides is 1. The van der Waals surface area contributed by atoms with E-state index in [1.54, 1.807) is 0 Å². The second-order valence-corrected chi connectivity index (χ2v) is 6.48. The molecule has 0 bridgehead atoms. The molecule has 1 heterocycles. The second-order valence-electron chi connectivity index (χ2n) is 6.48. The molecule has 25 heavy (non-hydrogen) atoms. The van der Waals surface area contributed by atoms with Crippen LogP contribution in [0.4, 0.5) is 0 Å². The fourth-order valence-electron chi connectivity index (χ4n) is 2.60. The normalized spacial score (nSPS) is 12.2. The first-order chi connectivity index (χ1) is 11.9. The van der Waals surface area contributed by atoms with Gasteiger partial charge in [0.1, 0.15) is 6.04 Å². The van der Waals surface area contributed by atoms with E-state index in [-0.39, 0.29) is 18.2 Å². The summed E-state index contributed by atoms with van der Waals surface area (Å²) >= 11 is 0. The van der Waals surface area contributed by atoms with Crippen molar-refractivity contribution >= 4 is 11.9 Å². The highest BCUT2D eigenvalue weighted by atomic mass is 16.4. The number of carbonyl (C=O) groups excluding carboxylic acids is 1. The smallest absolute Gasteiger partial charge is 0.326 e. The standard InChI is InChI=1S/C19H24N2O4/c1-12(2)11-15(19(23)24)21-16(22)9-10-17-20-13(3)18(25-17)14-7-5-4-6-8-14/h4-8,12,15H,9-11H2,1-3H3,(H,21,22)(H,23,24)/t15-/m0/s1. The van der Waals surface area contributed by atoms with Crippen molar-refractivity contribution in [2.75, 3.05) is 0 Å². The van der Waals surface area contributed by atoms with E-state index in [0.29, 0.717) is 24.5 Å². The number of benzene rings is 1. The number of oxazole rings is 1. The highest BCUT2D eigenvalue weighted by Crippen LogP contribution is 2.24. The maximum absolute atomic E-state index is 12.0. The number of aryl methyl sites for hydroxylation is 2. The van der Waals surface area contributed by atoms with Crippen LogP contribution in [-0.4, -0.2) is 28.0 Å². The number of carboxylic acids is 1. The van der Waals surface area contributed by atoms with Crippen molar-refractivity contribution in [2.24, 2.45) is 5.92 Å². The molecule has 0 saturated heterocycles. The molecule has 0 fully saturated rings. The summed E-state index contributed by atoms with van der Waals surface area (Å²) in [5.41, 5.74) is 1.70. The van der Waals surface area contributed by atoms with Crippen LogP contribution in [0.2, 0.25) is 0 Å². The number of nitrogens with zero attached hydrogens (tertiary/aromatic N) is 1. The van der Waals surface area contributed by atoms with E-state index >= 15 is 0 Å². The molecule has 0 aliphatic carbocycles. The Morgan fingerprint density at radius 2 is 1.92 bits per heavy atom. The van der Waals surface area contributed by atoms with E-state index in [9.17, 15) is 14.7 Å². The number of hydrogen-bond donors (Lipinski definition) is 2. The Kier molecular flexibility index (Phi) is 6.33. The Bertz CT molecular complexity index is 722. The van der Waals surface area contributed by atoms with Crippen molar-refractivity contribution < 1.29 is 19.1 Å². The van der Waals surface area contributed by atoms with Gasteiger partial charge < -0.3 is 14.8 Å². The van der Waals surface area contributed by atoms with Crippen molar-refractivity contribution in [3.05, 3.63) is 41.9 Å². The van der Waals surface area contributed by atoms with Crippen molar-refractivity contribution in [2.45, 2.75) is 46.1 Å². The van der Waals surface area contributed by atoms with Crippen LogP contribution >= 0.6 is 0 Å². The minimum Gasteiger partial charge on any atom is -0.480 e. The summed E-state index contributed by atoms with van der Waals surface area (Å²) in [7, 11) is 0. The number of rotatable bonds is 8. The van der Waals surface area contributed by atoms with Gasteiger partial charge in [-0.1, -0.05) is 44.2 Å². The maximum atomic E-state index is 12.0. The lowest BCUT2D eigenvalue weighted by atomic mass is 10.0. The molecule has 0 unspecified atom stereocenters. The van der Waals surface area contributed by atoms with Crippen LogP contribution < -0.4 is 5.32 Å². The minimum atomic E-state index is -1.01.